The van der Waals surface area contributed by atoms with Gasteiger partial charge in [0.25, 0.3) is 0 Å². The van der Waals surface area contributed by atoms with Crippen molar-refractivity contribution in [2.24, 2.45) is 5.92 Å². The lowest BCUT2D eigenvalue weighted by molar-refractivity contribution is -0.121. The summed E-state index contributed by atoms with van der Waals surface area (Å²) < 4.78 is 0. The van der Waals surface area contributed by atoms with Crippen LogP contribution in [0.4, 0.5) is 0 Å². The predicted octanol–water partition coefficient (Wildman–Crippen LogP) is 1.50. The first kappa shape index (κ1) is 11.8. The zero-order chi connectivity index (χ0) is 11.1. The van der Waals surface area contributed by atoms with Gasteiger partial charge in [0, 0.05) is 24.9 Å². The number of amides is 1. The molecule has 1 heterocycles. The van der Waals surface area contributed by atoms with Crippen LogP contribution in [-0.2, 0) is 11.2 Å². The van der Waals surface area contributed by atoms with Gasteiger partial charge in [-0.05, 0) is 18.8 Å². The van der Waals surface area contributed by atoms with Gasteiger partial charge >= 0.3 is 0 Å². The topological polar surface area (TPSA) is 57.8 Å². The maximum atomic E-state index is 11.4. The Kier molecular flexibility index (Phi) is 4.87. The molecular formula is C11H19N3O. The third-order valence-electron chi connectivity index (χ3n) is 2.22. The Hall–Kier alpha value is -1.32. The molecule has 0 saturated heterocycles. The fourth-order valence-corrected chi connectivity index (χ4v) is 1.26. The molecule has 0 atom stereocenters. The number of H-pyrrole nitrogens is 1. The molecule has 1 aromatic heterocycles. The number of rotatable bonds is 6. The number of aryl methyl sites for hydroxylation is 1. The molecule has 4 heteroatoms. The lowest BCUT2D eigenvalue weighted by Crippen LogP contribution is -2.25. The van der Waals surface area contributed by atoms with Crippen molar-refractivity contribution in [1.82, 2.24) is 15.3 Å². The van der Waals surface area contributed by atoms with Crippen molar-refractivity contribution in [2.75, 3.05) is 6.54 Å². The summed E-state index contributed by atoms with van der Waals surface area (Å²) in [5.74, 6) is 0.753. The highest BCUT2D eigenvalue weighted by Gasteiger charge is 2.02. The first-order valence-electron chi connectivity index (χ1n) is 5.42. The van der Waals surface area contributed by atoms with E-state index in [0.717, 1.165) is 25.1 Å². The Balaban J connectivity index is 2.09. The number of nitrogens with one attached hydrogen (secondary N) is 2. The molecule has 4 nitrogen and oxygen atoms in total. The van der Waals surface area contributed by atoms with Crippen molar-refractivity contribution in [1.29, 1.82) is 0 Å². The molecule has 0 spiro atoms. The summed E-state index contributed by atoms with van der Waals surface area (Å²) >= 11 is 0. The summed E-state index contributed by atoms with van der Waals surface area (Å²) in [5, 5.41) is 2.90. The van der Waals surface area contributed by atoms with Gasteiger partial charge in [0.05, 0.1) is 6.33 Å². The second-order valence-corrected chi connectivity index (χ2v) is 4.11. The molecule has 0 aromatic carbocycles. The summed E-state index contributed by atoms with van der Waals surface area (Å²) in [7, 11) is 0. The van der Waals surface area contributed by atoms with Gasteiger partial charge in [0.1, 0.15) is 0 Å². The molecule has 1 amide bonds. The monoisotopic (exact) mass is 209 g/mol. The molecular weight excluding hydrogens is 190 g/mol. The van der Waals surface area contributed by atoms with E-state index in [1.54, 1.807) is 12.5 Å². The van der Waals surface area contributed by atoms with Crippen LogP contribution in [0.25, 0.3) is 0 Å². The van der Waals surface area contributed by atoms with E-state index in [-0.39, 0.29) is 5.91 Å². The van der Waals surface area contributed by atoms with Gasteiger partial charge in [-0.2, -0.15) is 0 Å². The average molecular weight is 209 g/mol. The van der Waals surface area contributed by atoms with Gasteiger partial charge < -0.3 is 10.3 Å². The summed E-state index contributed by atoms with van der Waals surface area (Å²) in [6, 6.07) is 0. The number of carbonyl (C=O) groups is 1. The predicted molar refractivity (Wildman–Crippen MR) is 59.4 cm³/mol. The van der Waals surface area contributed by atoms with Crippen molar-refractivity contribution < 1.29 is 4.79 Å². The van der Waals surface area contributed by atoms with E-state index in [9.17, 15) is 4.79 Å². The quantitative estimate of drug-likeness (QED) is 0.746. The third-order valence-corrected chi connectivity index (χ3v) is 2.22. The Morgan fingerprint density at radius 1 is 1.60 bits per heavy atom. The highest BCUT2D eigenvalue weighted by atomic mass is 16.1. The number of imidazole rings is 1. The van der Waals surface area contributed by atoms with Gasteiger partial charge in [-0.25, -0.2) is 4.98 Å². The van der Waals surface area contributed by atoms with Crippen LogP contribution in [0, 0.1) is 5.92 Å². The van der Waals surface area contributed by atoms with E-state index < -0.39 is 0 Å². The molecule has 0 aliphatic carbocycles. The Morgan fingerprint density at radius 2 is 2.40 bits per heavy atom. The lowest BCUT2D eigenvalue weighted by atomic mass is 10.1. The van der Waals surface area contributed by atoms with Crippen LogP contribution in [0.5, 0.6) is 0 Å². The number of nitrogens with zero attached hydrogens (tertiary/aromatic N) is 1. The van der Waals surface area contributed by atoms with Gasteiger partial charge in [0.15, 0.2) is 0 Å². The van der Waals surface area contributed by atoms with Crippen LogP contribution < -0.4 is 5.32 Å². The van der Waals surface area contributed by atoms with Gasteiger partial charge in [-0.15, -0.1) is 0 Å². The molecule has 1 rings (SSSR count). The number of aromatic amines is 1. The summed E-state index contributed by atoms with van der Waals surface area (Å²) in [4.78, 5) is 18.2. The SMILES string of the molecule is CC(C)CCNC(=O)CCc1cnc[nH]1. The van der Waals surface area contributed by atoms with E-state index in [1.807, 2.05) is 0 Å². The minimum absolute atomic E-state index is 0.116. The molecule has 0 saturated carbocycles. The smallest absolute Gasteiger partial charge is 0.220 e. The molecule has 0 radical (unpaired) electrons. The van der Waals surface area contributed by atoms with Crippen molar-refractivity contribution in [3.8, 4) is 0 Å². The highest BCUT2D eigenvalue weighted by molar-refractivity contribution is 5.76. The maximum absolute atomic E-state index is 11.4. The molecule has 0 fully saturated rings. The Bertz CT molecular complexity index is 280. The average Bonchev–Trinajstić information content (AvgIpc) is 2.66. The van der Waals surface area contributed by atoms with Gasteiger partial charge in [0.2, 0.25) is 5.91 Å². The van der Waals surface area contributed by atoms with Crippen molar-refractivity contribution in [3.63, 3.8) is 0 Å². The molecule has 0 unspecified atom stereocenters. The fourth-order valence-electron chi connectivity index (χ4n) is 1.26. The fraction of sp³-hybridized carbons (Fsp3) is 0.636. The van der Waals surface area contributed by atoms with Crippen LogP contribution in [0.15, 0.2) is 12.5 Å². The van der Waals surface area contributed by atoms with Crippen LogP contribution >= 0.6 is 0 Å². The Labute approximate surface area is 90.5 Å². The van der Waals surface area contributed by atoms with Crippen LogP contribution in [0.2, 0.25) is 0 Å². The van der Waals surface area contributed by atoms with Crippen molar-refractivity contribution in [3.05, 3.63) is 18.2 Å². The number of hydrogen-bond donors (Lipinski definition) is 2. The first-order valence-corrected chi connectivity index (χ1v) is 5.42. The zero-order valence-corrected chi connectivity index (χ0v) is 9.42. The van der Waals surface area contributed by atoms with E-state index >= 15 is 0 Å². The summed E-state index contributed by atoms with van der Waals surface area (Å²) in [5.41, 5.74) is 1.01. The summed E-state index contributed by atoms with van der Waals surface area (Å²) in [6.45, 7) is 5.08. The minimum Gasteiger partial charge on any atom is -0.356 e. The van der Waals surface area contributed by atoms with E-state index in [0.29, 0.717) is 12.3 Å². The molecule has 2 N–H and O–H groups in total. The third kappa shape index (κ3) is 5.20. The molecule has 0 aliphatic rings. The van der Waals surface area contributed by atoms with E-state index in [2.05, 4.69) is 29.1 Å². The first-order chi connectivity index (χ1) is 7.18. The lowest BCUT2D eigenvalue weighted by Gasteiger charge is -2.06. The van der Waals surface area contributed by atoms with Crippen LogP contribution in [0.3, 0.4) is 0 Å². The second-order valence-electron chi connectivity index (χ2n) is 4.11. The van der Waals surface area contributed by atoms with Crippen LogP contribution in [0.1, 0.15) is 32.4 Å². The molecule has 1 aromatic rings. The highest BCUT2D eigenvalue weighted by Crippen LogP contribution is 1.98. The van der Waals surface area contributed by atoms with E-state index in [1.165, 1.54) is 0 Å². The van der Waals surface area contributed by atoms with Crippen LogP contribution in [-0.4, -0.2) is 22.4 Å². The maximum Gasteiger partial charge on any atom is 0.220 e. The van der Waals surface area contributed by atoms with Gasteiger partial charge in [-0.1, -0.05) is 13.8 Å². The van der Waals surface area contributed by atoms with Gasteiger partial charge in [-0.3, -0.25) is 4.79 Å². The summed E-state index contributed by atoms with van der Waals surface area (Å²) in [6.07, 6.45) is 5.68. The molecule has 15 heavy (non-hydrogen) atoms. The standard InChI is InChI=1S/C11H19N3O/c1-9(2)5-6-13-11(15)4-3-10-7-12-8-14-10/h7-9H,3-6H2,1-2H3,(H,12,14)(H,13,15). The molecule has 0 aliphatic heterocycles. The number of hydrogen-bond acceptors (Lipinski definition) is 2. The molecule has 0 bridgehead atoms. The largest absolute Gasteiger partial charge is 0.356 e. The second kappa shape index (κ2) is 6.22. The Morgan fingerprint density at radius 3 is 3.00 bits per heavy atom. The van der Waals surface area contributed by atoms with E-state index in [4.69, 9.17) is 0 Å². The minimum atomic E-state index is 0.116. The zero-order valence-electron chi connectivity index (χ0n) is 9.42. The number of carbonyl (C=O) groups excluding carboxylic acids is 1. The van der Waals surface area contributed by atoms with Crippen molar-refractivity contribution >= 4 is 5.91 Å². The normalized spacial score (nSPS) is 10.6. The molecule has 84 valence electrons. The number of aromatic nitrogens is 2. The van der Waals surface area contributed by atoms with Crippen molar-refractivity contribution in [2.45, 2.75) is 33.1 Å².